The molecule has 1 N–H and O–H groups in total. The highest BCUT2D eigenvalue weighted by Gasteiger charge is 2.49. The van der Waals surface area contributed by atoms with E-state index in [1.807, 2.05) is 11.8 Å². The molecule has 1 unspecified atom stereocenters. The predicted octanol–water partition coefficient (Wildman–Crippen LogP) is 3.01. The number of hydrogen-bond donors (Lipinski definition) is 1. The van der Waals surface area contributed by atoms with Crippen LogP contribution in [0.25, 0.3) is 0 Å². The first-order valence-electron chi connectivity index (χ1n) is 8.74. The van der Waals surface area contributed by atoms with Gasteiger partial charge in [-0.1, -0.05) is 51.9 Å². The summed E-state index contributed by atoms with van der Waals surface area (Å²) in [6.07, 6.45) is 10.8. The van der Waals surface area contributed by atoms with Gasteiger partial charge in [0.25, 0.3) is 0 Å². The van der Waals surface area contributed by atoms with E-state index >= 15 is 0 Å². The smallest absolute Gasteiger partial charge is 0.248 e. The minimum Gasteiger partial charge on any atom is -0.340 e. The molecule has 0 radical (unpaired) electrons. The second kappa shape index (κ2) is 7.28. The highest BCUT2D eigenvalue weighted by atomic mass is 16.2. The quantitative estimate of drug-likeness (QED) is 0.766. The molecule has 0 aromatic carbocycles. The molecule has 1 spiro atoms. The number of unbranched alkanes of at least 4 members (excludes halogenated alkanes) is 4. The van der Waals surface area contributed by atoms with Crippen molar-refractivity contribution in [3.05, 3.63) is 0 Å². The van der Waals surface area contributed by atoms with Crippen LogP contribution in [0.15, 0.2) is 0 Å². The lowest BCUT2D eigenvalue weighted by Gasteiger charge is -2.47. The molecule has 1 heterocycles. The molecule has 0 bridgehead atoms. The Balaban J connectivity index is 1.97. The normalized spacial score (nSPS) is 25.2. The van der Waals surface area contributed by atoms with Crippen molar-refractivity contribution in [2.45, 2.75) is 89.6 Å². The molecule has 1 saturated heterocycles. The molecule has 1 aliphatic carbocycles. The number of nitrogens with one attached hydrogen (secondary N) is 1. The lowest BCUT2D eigenvalue weighted by molar-refractivity contribution is -0.156. The number of nitrogens with zero attached hydrogens (tertiary/aromatic N) is 1. The Bertz CT molecular complexity index is 375. The van der Waals surface area contributed by atoms with Gasteiger partial charge >= 0.3 is 0 Å². The Kier molecular flexibility index (Phi) is 5.65. The van der Waals surface area contributed by atoms with Crippen LogP contribution in [0.4, 0.5) is 0 Å². The number of hydrogen-bond acceptors (Lipinski definition) is 2. The van der Waals surface area contributed by atoms with Crippen LogP contribution >= 0.6 is 0 Å². The van der Waals surface area contributed by atoms with Crippen molar-refractivity contribution in [2.24, 2.45) is 0 Å². The minimum absolute atomic E-state index is 0.0325. The van der Waals surface area contributed by atoms with Gasteiger partial charge < -0.3 is 10.2 Å². The Hall–Kier alpha value is -1.06. The van der Waals surface area contributed by atoms with E-state index in [0.29, 0.717) is 0 Å². The number of piperazine rings is 1. The average Bonchev–Trinajstić information content (AvgIpc) is 2.49. The maximum Gasteiger partial charge on any atom is 0.248 e. The summed E-state index contributed by atoms with van der Waals surface area (Å²) in [5, 5.41) is 3.04. The van der Waals surface area contributed by atoms with Gasteiger partial charge in [0.05, 0.1) is 0 Å². The average molecular weight is 294 g/mol. The number of amides is 2. The van der Waals surface area contributed by atoms with Gasteiger partial charge in [0.2, 0.25) is 11.8 Å². The molecule has 4 heteroatoms. The summed E-state index contributed by atoms with van der Waals surface area (Å²) >= 11 is 0. The van der Waals surface area contributed by atoms with Crippen LogP contribution in [-0.2, 0) is 9.59 Å². The van der Waals surface area contributed by atoms with Crippen LogP contribution in [0.1, 0.15) is 78.1 Å². The molecule has 2 aliphatic rings. The van der Waals surface area contributed by atoms with E-state index < -0.39 is 5.54 Å². The summed E-state index contributed by atoms with van der Waals surface area (Å²) in [4.78, 5) is 27.0. The molecule has 1 atom stereocenters. The van der Waals surface area contributed by atoms with Gasteiger partial charge in [0, 0.05) is 6.54 Å². The molecule has 1 aliphatic heterocycles. The van der Waals surface area contributed by atoms with Crippen molar-refractivity contribution in [3.8, 4) is 0 Å². The Morgan fingerprint density at radius 3 is 2.43 bits per heavy atom. The zero-order valence-corrected chi connectivity index (χ0v) is 13.6. The number of rotatable bonds is 6. The molecule has 2 amide bonds. The van der Waals surface area contributed by atoms with Gasteiger partial charge in [-0.25, -0.2) is 0 Å². The van der Waals surface area contributed by atoms with E-state index in [-0.39, 0.29) is 17.9 Å². The fourth-order valence-electron chi connectivity index (χ4n) is 3.66. The number of carbonyl (C=O) groups excluding carboxylic acids is 2. The first-order chi connectivity index (χ1) is 10.1. The summed E-state index contributed by atoms with van der Waals surface area (Å²) in [5.74, 6) is 0.204. The lowest BCUT2D eigenvalue weighted by atomic mass is 9.78. The molecule has 2 fully saturated rings. The van der Waals surface area contributed by atoms with Gasteiger partial charge in [-0.05, 0) is 26.2 Å². The maximum atomic E-state index is 12.9. The lowest BCUT2D eigenvalue weighted by Crippen LogP contribution is -2.70. The van der Waals surface area contributed by atoms with Crippen molar-refractivity contribution in [3.63, 3.8) is 0 Å². The second-order valence-corrected chi connectivity index (χ2v) is 6.72. The van der Waals surface area contributed by atoms with Gasteiger partial charge in [-0.2, -0.15) is 0 Å². The third kappa shape index (κ3) is 3.58. The van der Waals surface area contributed by atoms with Crippen molar-refractivity contribution in [1.82, 2.24) is 10.2 Å². The second-order valence-electron chi connectivity index (χ2n) is 6.72. The molecule has 1 saturated carbocycles. The third-order valence-corrected chi connectivity index (χ3v) is 5.09. The van der Waals surface area contributed by atoms with Crippen molar-refractivity contribution < 1.29 is 9.59 Å². The summed E-state index contributed by atoms with van der Waals surface area (Å²) in [6.45, 7) is 4.79. The van der Waals surface area contributed by atoms with E-state index in [1.54, 1.807) is 0 Å². The Labute approximate surface area is 128 Å². The van der Waals surface area contributed by atoms with Crippen molar-refractivity contribution >= 4 is 11.8 Å². The first kappa shape index (κ1) is 16.3. The first-order valence-corrected chi connectivity index (χ1v) is 8.74. The molecule has 2 rings (SSSR count). The van der Waals surface area contributed by atoms with Crippen LogP contribution < -0.4 is 5.32 Å². The topological polar surface area (TPSA) is 49.4 Å². The Morgan fingerprint density at radius 1 is 1.10 bits per heavy atom. The molecular formula is C17H30N2O2. The van der Waals surface area contributed by atoms with E-state index in [4.69, 9.17) is 0 Å². The van der Waals surface area contributed by atoms with E-state index in [1.165, 1.54) is 25.7 Å². The summed E-state index contributed by atoms with van der Waals surface area (Å²) in [6, 6.07) is -0.309. The zero-order chi connectivity index (χ0) is 15.3. The van der Waals surface area contributed by atoms with Gasteiger partial charge in [0.1, 0.15) is 11.6 Å². The van der Waals surface area contributed by atoms with E-state index in [0.717, 1.165) is 45.1 Å². The Morgan fingerprint density at radius 2 is 1.76 bits per heavy atom. The van der Waals surface area contributed by atoms with Crippen molar-refractivity contribution in [1.29, 1.82) is 0 Å². The van der Waals surface area contributed by atoms with Gasteiger partial charge in [-0.15, -0.1) is 0 Å². The van der Waals surface area contributed by atoms with Crippen molar-refractivity contribution in [2.75, 3.05) is 6.54 Å². The monoisotopic (exact) mass is 294 g/mol. The van der Waals surface area contributed by atoms with E-state index in [2.05, 4.69) is 12.2 Å². The third-order valence-electron chi connectivity index (χ3n) is 5.09. The summed E-state index contributed by atoms with van der Waals surface area (Å²) < 4.78 is 0. The summed E-state index contributed by atoms with van der Waals surface area (Å²) in [7, 11) is 0. The van der Waals surface area contributed by atoms with E-state index in [9.17, 15) is 9.59 Å². The SMILES string of the molecule is CCCCCCCN1C(=O)C2(CCCCC2)NC(=O)C1C. The van der Waals surface area contributed by atoms with Crippen LogP contribution in [0.3, 0.4) is 0 Å². The molecule has 0 aromatic rings. The highest BCUT2D eigenvalue weighted by Crippen LogP contribution is 2.33. The minimum atomic E-state index is -0.578. The summed E-state index contributed by atoms with van der Waals surface area (Å²) in [5.41, 5.74) is -0.578. The standard InChI is InChI=1S/C17H30N2O2/c1-3-4-5-6-10-13-19-14(2)15(20)18-17(16(19)21)11-8-7-9-12-17/h14H,3-13H2,1-2H3,(H,18,20). The van der Waals surface area contributed by atoms with Crippen LogP contribution in [0, 0.1) is 0 Å². The largest absolute Gasteiger partial charge is 0.340 e. The zero-order valence-electron chi connectivity index (χ0n) is 13.6. The van der Waals surface area contributed by atoms with Gasteiger partial charge in [-0.3, -0.25) is 9.59 Å². The van der Waals surface area contributed by atoms with Crippen LogP contribution in [0.2, 0.25) is 0 Å². The molecule has 120 valence electrons. The molecule has 0 aromatic heterocycles. The highest BCUT2D eigenvalue weighted by molar-refractivity contribution is 5.99. The maximum absolute atomic E-state index is 12.9. The predicted molar refractivity (Wildman–Crippen MR) is 83.9 cm³/mol. The van der Waals surface area contributed by atoms with Crippen LogP contribution in [0.5, 0.6) is 0 Å². The fraction of sp³-hybridized carbons (Fsp3) is 0.882. The molecule has 21 heavy (non-hydrogen) atoms. The van der Waals surface area contributed by atoms with Crippen LogP contribution in [-0.4, -0.2) is 34.8 Å². The molecular weight excluding hydrogens is 264 g/mol. The van der Waals surface area contributed by atoms with Gasteiger partial charge in [0.15, 0.2) is 0 Å². The molecule has 4 nitrogen and oxygen atoms in total. The fourth-order valence-corrected chi connectivity index (χ4v) is 3.66. The number of carbonyl (C=O) groups is 2.